The fraction of sp³-hybridized carbons (Fsp3) is 0.409. The zero-order chi connectivity index (χ0) is 21.7. The van der Waals surface area contributed by atoms with Crippen molar-refractivity contribution in [2.24, 2.45) is 5.73 Å². The number of methoxy groups -OCH3 is 3. The maximum atomic E-state index is 11.3. The van der Waals surface area contributed by atoms with E-state index in [-0.39, 0.29) is 12.1 Å². The van der Waals surface area contributed by atoms with Gasteiger partial charge in [-0.05, 0) is 49.9 Å². The molecule has 0 heterocycles. The summed E-state index contributed by atoms with van der Waals surface area (Å²) < 4.78 is 16.7. The minimum absolute atomic E-state index is 0.193. The molecule has 0 spiro atoms. The maximum absolute atomic E-state index is 11.3. The van der Waals surface area contributed by atoms with Crippen LogP contribution in [0.1, 0.15) is 36.0 Å². The summed E-state index contributed by atoms with van der Waals surface area (Å²) in [6.07, 6.45) is 2.98. The molecule has 0 aromatic heterocycles. The van der Waals surface area contributed by atoms with Gasteiger partial charge in [0.05, 0.1) is 33.1 Å². The topological polar surface area (TPSA) is 115 Å². The van der Waals surface area contributed by atoms with Crippen molar-refractivity contribution < 1.29 is 24.1 Å². The van der Waals surface area contributed by atoms with Crippen LogP contribution in [0, 0.1) is 0 Å². The van der Waals surface area contributed by atoms with Crippen LogP contribution in [0.5, 0.6) is 17.2 Å². The van der Waals surface area contributed by atoms with Gasteiger partial charge in [-0.15, -0.1) is 0 Å². The second kappa shape index (κ2) is 9.58. The van der Waals surface area contributed by atoms with E-state index in [2.05, 4.69) is 10.6 Å². The van der Waals surface area contributed by atoms with Crippen molar-refractivity contribution in [2.75, 3.05) is 32.0 Å². The number of ether oxygens (including phenoxy) is 3. The van der Waals surface area contributed by atoms with Crippen molar-refractivity contribution in [3.05, 3.63) is 35.9 Å². The molecule has 0 bridgehead atoms. The zero-order valence-electron chi connectivity index (χ0n) is 17.5. The Balaban J connectivity index is 1.99. The molecule has 1 aliphatic rings. The molecule has 30 heavy (non-hydrogen) atoms. The van der Waals surface area contributed by atoms with Crippen molar-refractivity contribution in [1.29, 1.82) is 0 Å². The van der Waals surface area contributed by atoms with E-state index >= 15 is 0 Å². The number of rotatable bonds is 8. The number of aliphatic hydroxyl groups is 1. The minimum atomic E-state index is -0.476. The lowest BCUT2D eigenvalue weighted by molar-refractivity contribution is 0.1000. The van der Waals surface area contributed by atoms with Crippen molar-refractivity contribution >= 4 is 23.0 Å². The van der Waals surface area contributed by atoms with E-state index in [0.29, 0.717) is 22.8 Å². The largest absolute Gasteiger partial charge is 0.493 e. The first-order chi connectivity index (χ1) is 14.5. The molecule has 2 aromatic rings. The summed E-state index contributed by atoms with van der Waals surface area (Å²) in [6, 6.07) is 8.92. The second-order valence-electron chi connectivity index (χ2n) is 7.28. The molecule has 0 aliphatic heterocycles. The van der Waals surface area contributed by atoms with Crippen LogP contribution in [0.15, 0.2) is 30.3 Å². The van der Waals surface area contributed by atoms with Gasteiger partial charge in [0.15, 0.2) is 11.5 Å². The number of amides is 1. The molecule has 1 saturated carbocycles. The van der Waals surface area contributed by atoms with Crippen LogP contribution < -0.4 is 30.6 Å². The molecule has 8 nitrogen and oxygen atoms in total. The van der Waals surface area contributed by atoms with Gasteiger partial charge in [0.25, 0.3) is 0 Å². The Labute approximate surface area is 176 Å². The number of primary amides is 1. The lowest BCUT2D eigenvalue weighted by Crippen LogP contribution is -2.28. The number of nitrogens with one attached hydrogen (secondary N) is 2. The van der Waals surface area contributed by atoms with Gasteiger partial charge in [-0.3, -0.25) is 4.79 Å². The average Bonchev–Trinajstić information content (AvgIpc) is 2.76. The maximum Gasteiger partial charge on any atom is 0.248 e. The predicted molar refractivity (Wildman–Crippen MR) is 116 cm³/mol. The highest BCUT2D eigenvalue weighted by molar-refractivity contribution is 5.93. The molecule has 3 rings (SSSR count). The van der Waals surface area contributed by atoms with Crippen LogP contribution in [-0.2, 0) is 0 Å². The standard InChI is InChI=1S/C22H29N3O5/c1-28-18-12-17(24-14-6-4-13(5-7-14)22(23)27)19(21(30-3)20(18)29-2)25-15-8-10-16(26)11-9-15/h4-7,12,15-16,24-26H,8-11H2,1-3H3,(H2,23,27). The van der Waals surface area contributed by atoms with Gasteiger partial charge >= 0.3 is 0 Å². The Morgan fingerprint density at radius 1 is 1.00 bits per heavy atom. The summed E-state index contributed by atoms with van der Waals surface area (Å²) >= 11 is 0. The molecule has 0 atom stereocenters. The molecule has 162 valence electrons. The van der Waals surface area contributed by atoms with Crippen molar-refractivity contribution in [3.63, 3.8) is 0 Å². The van der Waals surface area contributed by atoms with E-state index in [9.17, 15) is 9.90 Å². The second-order valence-corrected chi connectivity index (χ2v) is 7.28. The van der Waals surface area contributed by atoms with Gasteiger partial charge in [0.2, 0.25) is 11.7 Å². The molecule has 1 amide bonds. The summed E-state index contributed by atoms with van der Waals surface area (Å²) in [7, 11) is 4.72. The van der Waals surface area contributed by atoms with Crippen LogP contribution in [0.25, 0.3) is 0 Å². The van der Waals surface area contributed by atoms with E-state index in [4.69, 9.17) is 19.9 Å². The number of benzene rings is 2. The van der Waals surface area contributed by atoms with Gasteiger partial charge in [-0.1, -0.05) is 0 Å². The van der Waals surface area contributed by atoms with Crippen molar-refractivity contribution in [3.8, 4) is 17.2 Å². The number of nitrogens with two attached hydrogens (primary N) is 1. The summed E-state index contributed by atoms with van der Waals surface area (Å²) in [5.74, 6) is 1.07. The van der Waals surface area contributed by atoms with E-state index in [1.165, 1.54) is 0 Å². The first-order valence-corrected chi connectivity index (χ1v) is 9.91. The molecular weight excluding hydrogens is 386 g/mol. The Morgan fingerprint density at radius 2 is 1.63 bits per heavy atom. The summed E-state index contributed by atoms with van der Waals surface area (Å²) in [4.78, 5) is 11.3. The minimum Gasteiger partial charge on any atom is -0.493 e. The van der Waals surface area contributed by atoms with Gasteiger partial charge in [0.1, 0.15) is 5.69 Å². The normalized spacial score (nSPS) is 18.4. The Kier molecular flexibility index (Phi) is 6.89. The van der Waals surface area contributed by atoms with Crippen LogP contribution >= 0.6 is 0 Å². The number of hydrogen-bond acceptors (Lipinski definition) is 7. The Bertz CT molecular complexity index is 877. The third-order valence-corrected chi connectivity index (χ3v) is 5.32. The van der Waals surface area contributed by atoms with Crippen LogP contribution in [0.4, 0.5) is 17.1 Å². The average molecular weight is 415 g/mol. The zero-order valence-corrected chi connectivity index (χ0v) is 17.5. The monoisotopic (exact) mass is 415 g/mol. The fourth-order valence-electron chi connectivity index (χ4n) is 3.70. The van der Waals surface area contributed by atoms with E-state index < -0.39 is 5.91 Å². The summed E-state index contributed by atoms with van der Waals surface area (Å²) in [6.45, 7) is 0. The third-order valence-electron chi connectivity index (χ3n) is 5.32. The number of carbonyl (C=O) groups excluding carboxylic acids is 1. The lowest BCUT2D eigenvalue weighted by Gasteiger charge is -2.29. The van der Waals surface area contributed by atoms with E-state index in [1.54, 1.807) is 45.6 Å². The van der Waals surface area contributed by atoms with Crippen molar-refractivity contribution in [2.45, 2.75) is 37.8 Å². The van der Waals surface area contributed by atoms with Gasteiger partial charge < -0.3 is 35.7 Å². The van der Waals surface area contributed by atoms with Gasteiger partial charge in [-0.25, -0.2) is 0 Å². The molecule has 1 fully saturated rings. The molecule has 5 N–H and O–H groups in total. The molecule has 8 heteroatoms. The summed E-state index contributed by atoms with van der Waals surface area (Å²) in [5.41, 5.74) is 8.02. The number of aliphatic hydroxyl groups excluding tert-OH is 1. The number of carbonyl (C=O) groups is 1. The third kappa shape index (κ3) is 4.71. The molecule has 0 radical (unpaired) electrons. The van der Waals surface area contributed by atoms with Crippen LogP contribution in [0.2, 0.25) is 0 Å². The molecule has 0 saturated heterocycles. The Morgan fingerprint density at radius 3 is 2.17 bits per heavy atom. The molecular formula is C22H29N3O5. The Hall–Kier alpha value is -3.13. The van der Waals surface area contributed by atoms with Gasteiger partial charge in [0, 0.05) is 23.4 Å². The fourth-order valence-corrected chi connectivity index (χ4v) is 3.70. The van der Waals surface area contributed by atoms with Gasteiger partial charge in [-0.2, -0.15) is 0 Å². The number of anilines is 3. The van der Waals surface area contributed by atoms with Crippen LogP contribution in [-0.4, -0.2) is 44.5 Å². The smallest absolute Gasteiger partial charge is 0.248 e. The summed E-state index contributed by atoms with van der Waals surface area (Å²) in [5, 5.41) is 16.7. The van der Waals surface area contributed by atoms with E-state index in [0.717, 1.165) is 42.7 Å². The van der Waals surface area contributed by atoms with Crippen LogP contribution in [0.3, 0.4) is 0 Å². The highest BCUT2D eigenvalue weighted by Gasteiger charge is 2.25. The number of hydrogen-bond donors (Lipinski definition) is 4. The quantitative estimate of drug-likeness (QED) is 0.523. The molecule has 1 aliphatic carbocycles. The molecule has 2 aromatic carbocycles. The lowest BCUT2D eigenvalue weighted by atomic mass is 9.93. The first-order valence-electron chi connectivity index (χ1n) is 9.91. The highest BCUT2D eigenvalue weighted by atomic mass is 16.5. The van der Waals surface area contributed by atoms with E-state index in [1.807, 2.05) is 6.07 Å². The van der Waals surface area contributed by atoms with Crippen molar-refractivity contribution in [1.82, 2.24) is 0 Å². The molecule has 0 unspecified atom stereocenters. The predicted octanol–water partition coefficient (Wildman–Crippen LogP) is 3.27. The first kappa shape index (κ1) is 21.6. The SMILES string of the molecule is COc1cc(Nc2ccc(C(N)=O)cc2)c(NC2CCC(O)CC2)c(OC)c1OC. The highest BCUT2D eigenvalue weighted by Crippen LogP contribution is 2.49.